The van der Waals surface area contributed by atoms with Crippen LogP contribution in [0.5, 0.6) is 0 Å². The molecule has 7 nitrogen and oxygen atoms in total. The third-order valence-electron chi connectivity index (χ3n) is 7.08. The van der Waals surface area contributed by atoms with E-state index in [-0.39, 0.29) is 12.2 Å². The summed E-state index contributed by atoms with van der Waals surface area (Å²) in [6, 6.07) is 17.7. The van der Waals surface area contributed by atoms with Crippen LogP contribution in [0.4, 0.5) is 5.69 Å². The summed E-state index contributed by atoms with van der Waals surface area (Å²) in [6.45, 7) is 7.94. The summed E-state index contributed by atoms with van der Waals surface area (Å²) in [5.74, 6) is -0.458. The number of allylic oxidation sites excluding steroid dienone is 1. The number of aryl methyl sites for hydroxylation is 1. The second-order valence-electron chi connectivity index (χ2n) is 9.93. The number of carbonyl (C=O) groups excluding carboxylic acids is 1. The van der Waals surface area contributed by atoms with Crippen LogP contribution in [0, 0.1) is 17.4 Å². The molecule has 0 aliphatic carbocycles. The Morgan fingerprint density at radius 1 is 1.10 bits per heavy atom. The Labute approximate surface area is 250 Å². The number of aromatic nitrogens is 2. The van der Waals surface area contributed by atoms with Crippen molar-refractivity contribution < 1.29 is 9.53 Å². The smallest absolute Gasteiger partial charge is 0.338 e. The molecule has 0 unspecified atom stereocenters. The lowest BCUT2D eigenvalue weighted by molar-refractivity contribution is -0.139. The van der Waals surface area contributed by atoms with Gasteiger partial charge in [0, 0.05) is 40.4 Å². The van der Waals surface area contributed by atoms with Crippen LogP contribution >= 0.6 is 33.9 Å². The average molecular weight is 667 g/mol. The first kappa shape index (κ1) is 28.1. The maximum absolute atomic E-state index is 14.0. The number of rotatable bonds is 6. The predicted octanol–water partition coefficient (Wildman–Crippen LogP) is 4.88. The van der Waals surface area contributed by atoms with Gasteiger partial charge in [-0.2, -0.15) is 0 Å². The van der Waals surface area contributed by atoms with E-state index in [2.05, 4.69) is 71.3 Å². The van der Waals surface area contributed by atoms with E-state index >= 15 is 0 Å². The van der Waals surface area contributed by atoms with Gasteiger partial charge in [-0.25, -0.2) is 9.79 Å². The van der Waals surface area contributed by atoms with Crippen molar-refractivity contribution in [2.24, 2.45) is 4.99 Å². The molecule has 2 aromatic carbocycles. The highest BCUT2D eigenvalue weighted by Gasteiger charge is 2.33. The predicted molar refractivity (Wildman–Crippen MR) is 169 cm³/mol. The van der Waals surface area contributed by atoms with Gasteiger partial charge in [0.15, 0.2) is 4.80 Å². The van der Waals surface area contributed by atoms with Crippen molar-refractivity contribution in [1.29, 1.82) is 0 Å². The van der Waals surface area contributed by atoms with Crippen molar-refractivity contribution in [3.63, 3.8) is 0 Å². The molecule has 1 aliphatic heterocycles. The largest absolute Gasteiger partial charge is 0.463 e. The van der Waals surface area contributed by atoms with Crippen molar-refractivity contribution >= 4 is 51.7 Å². The molecule has 5 rings (SSSR count). The van der Waals surface area contributed by atoms with Crippen molar-refractivity contribution in [3.8, 4) is 5.69 Å². The van der Waals surface area contributed by atoms with Gasteiger partial charge in [0.05, 0.1) is 28.5 Å². The maximum Gasteiger partial charge on any atom is 0.338 e. The molecule has 40 heavy (non-hydrogen) atoms. The fraction of sp³-hybridized carbons (Fsp3) is 0.258. The van der Waals surface area contributed by atoms with Crippen LogP contribution in [-0.2, 0) is 9.53 Å². The van der Waals surface area contributed by atoms with Gasteiger partial charge >= 0.3 is 5.97 Å². The number of carbonyl (C=O) groups is 1. The minimum absolute atomic E-state index is 0.182. The number of benzene rings is 2. The summed E-state index contributed by atoms with van der Waals surface area (Å²) < 4.78 is 11.0. The molecule has 2 aromatic heterocycles. The Hall–Kier alpha value is -3.44. The minimum atomic E-state index is -0.632. The number of thiazole rings is 1. The van der Waals surface area contributed by atoms with Crippen LogP contribution in [0.3, 0.4) is 0 Å². The average Bonchev–Trinajstić information content (AvgIpc) is 3.38. The Morgan fingerprint density at radius 2 is 1.77 bits per heavy atom. The summed E-state index contributed by atoms with van der Waals surface area (Å²) in [7, 11) is 3.95. The number of halogens is 1. The van der Waals surface area contributed by atoms with Crippen LogP contribution in [-0.4, -0.2) is 35.8 Å². The first-order chi connectivity index (χ1) is 19.1. The molecule has 1 aliphatic rings. The molecule has 206 valence electrons. The molecule has 0 fully saturated rings. The SMILES string of the molecule is CCOC(=O)C1=C(C)N=c2s/c(=C\c3cc(C)n(-c4ccc(I)cc4)c3C)c(=O)n2[C@@H]1c1ccc(N(C)C)cc1. The molecule has 0 saturated heterocycles. The van der Waals surface area contributed by atoms with Crippen molar-refractivity contribution in [2.45, 2.75) is 33.7 Å². The molecular weight excluding hydrogens is 635 g/mol. The third-order valence-corrected chi connectivity index (χ3v) is 8.79. The summed E-state index contributed by atoms with van der Waals surface area (Å²) >= 11 is 3.64. The van der Waals surface area contributed by atoms with E-state index in [4.69, 9.17) is 9.73 Å². The van der Waals surface area contributed by atoms with Crippen LogP contribution in [0.2, 0.25) is 0 Å². The van der Waals surface area contributed by atoms with Gasteiger partial charge in [-0.15, -0.1) is 0 Å². The molecule has 0 radical (unpaired) electrons. The van der Waals surface area contributed by atoms with Gasteiger partial charge in [0.1, 0.15) is 0 Å². The first-order valence-corrected chi connectivity index (χ1v) is 14.9. The Balaban J connectivity index is 1.67. The van der Waals surface area contributed by atoms with Gasteiger partial charge < -0.3 is 14.2 Å². The van der Waals surface area contributed by atoms with Crippen LogP contribution in [0.1, 0.15) is 42.4 Å². The second-order valence-corrected chi connectivity index (χ2v) is 12.2. The molecule has 1 atom stereocenters. The molecule has 0 saturated carbocycles. The van der Waals surface area contributed by atoms with Crippen LogP contribution in [0.15, 0.2) is 75.7 Å². The second kappa shape index (κ2) is 11.2. The summed E-state index contributed by atoms with van der Waals surface area (Å²) in [4.78, 5) is 34.4. The number of fused-ring (bicyclic) bond motifs is 1. The highest BCUT2D eigenvalue weighted by atomic mass is 127. The molecule has 0 amide bonds. The van der Waals surface area contributed by atoms with Gasteiger partial charge in [-0.1, -0.05) is 23.5 Å². The minimum Gasteiger partial charge on any atom is -0.463 e. The number of nitrogens with zero attached hydrogens (tertiary/aromatic N) is 4. The van der Waals surface area contributed by atoms with Crippen molar-refractivity contribution in [2.75, 3.05) is 25.6 Å². The van der Waals surface area contributed by atoms with E-state index < -0.39 is 12.0 Å². The molecule has 0 N–H and O–H groups in total. The molecule has 0 spiro atoms. The van der Waals surface area contributed by atoms with E-state index in [1.165, 1.54) is 14.9 Å². The maximum atomic E-state index is 14.0. The number of hydrogen-bond donors (Lipinski definition) is 0. The zero-order chi connectivity index (χ0) is 28.7. The fourth-order valence-corrected chi connectivity index (χ4v) is 6.52. The van der Waals surface area contributed by atoms with Gasteiger partial charge in [-0.05, 0) is 110 Å². The van der Waals surface area contributed by atoms with E-state index in [1.807, 2.05) is 49.3 Å². The first-order valence-electron chi connectivity index (χ1n) is 13.0. The number of ether oxygens (including phenoxy) is 1. The number of hydrogen-bond acceptors (Lipinski definition) is 6. The molecule has 3 heterocycles. The third kappa shape index (κ3) is 5.08. The monoisotopic (exact) mass is 666 g/mol. The summed E-state index contributed by atoms with van der Waals surface area (Å²) in [5, 5.41) is 0. The normalized spacial score (nSPS) is 15.2. The number of anilines is 1. The van der Waals surface area contributed by atoms with E-state index in [1.54, 1.807) is 18.4 Å². The molecule has 9 heteroatoms. The van der Waals surface area contributed by atoms with E-state index in [0.717, 1.165) is 33.9 Å². The highest BCUT2D eigenvalue weighted by molar-refractivity contribution is 14.1. The zero-order valence-electron chi connectivity index (χ0n) is 23.4. The van der Waals surface area contributed by atoms with Crippen LogP contribution in [0.25, 0.3) is 11.8 Å². The molecular formula is C31H31IN4O3S. The van der Waals surface area contributed by atoms with Gasteiger partial charge in [-0.3, -0.25) is 9.36 Å². The standard InChI is InChI=1S/C31H31IN4O3S/c1-7-39-30(38)27-19(3)33-31-36(28(27)21-8-12-24(13-9-21)34(5)6)29(37)26(40-31)17-22-16-18(2)35(20(22)4)25-14-10-23(32)11-15-25/h8-17,28H,7H2,1-6H3/b26-17-/t28-/m1/s1. The van der Waals surface area contributed by atoms with E-state index in [9.17, 15) is 9.59 Å². The Morgan fingerprint density at radius 3 is 2.40 bits per heavy atom. The quantitative estimate of drug-likeness (QED) is 0.218. The lowest BCUT2D eigenvalue weighted by Gasteiger charge is -2.25. The lowest BCUT2D eigenvalue weighted by atomic mass is 9.95. The van der Waals surface area contributed by atoms with Gasteiger partial charge in [0.2, 0.25) is 0 Å². The van der Waals surface area contributed by atoms with Crippen molar-refractivity contribution in [3.05, 3.63) is 112 Å². The van der Waals surface area contributed by atoms with Gasteiger partial charge in [0.25, 0.3) is 5.56 Å². The Kier molecular flexibility index (Phi) is 7.87. The molecule has 4 aromatic rings. The number of esters is 1. The highest BCUT2D eigenvalue weighted by Crippen LogP contribution is 2.31. The zero-order valence-corrected chi connectivity index (χ0v) is 26.3. The van der Waals surface area contributed by atoms with Crippen LogP contribution < -0.4 is 19.8 Å². The van der Waals surface area contributed by atoms with E-state index in [0.29, 0.717) is 20.6 Å². The summed E-state index contributed by atoms with van der Waals surface area (Å²) in [6.07, 6.45) is 1.94. The topological polar surface area (TPSA) is 68.8 Å². The lowest BCUT2D eigenvalue weighted by Crippen LogP contribution is -2.40. The Bertz CT molecular complexity index is 1810. The van der Waals surface area contributed by atoms with Crippen molar-refractivity contribution in [1.82, 2.24) is 9.13 Å². The summed E-state index contributed by atoms with van der Waals surface area (Å²) in [5.41, 5.74) is 6.78. The fourth-order valence-electron chi connectivity index (χ4n) is 5.12. The molecule has 0 bridgehead atoms.